The van der Waals surface area contributed by atoms with Gasteiger partial charge in [0, 0.05) is 36.2 Å². The number of aromatic nitrogens is 3. The monoisotopic (exact) mass is 403 g/mol. The number of hydrogen-bond donors (Lipinski definition) is 2. The minimum Gasteiger partial charge on any atom is -0.368 e. The average molecular weight is 403 g/mol. The molecule has 4 rings (SSSR count). The quantitative estimate of drug-likeness (QED) is 0.693. The molecule has 152 valence electrons. The van der Waals surface area contributed by atoms with Crippen LogP contribution in [0, 0.1) is 0 Å². The second-order valence-corrected chi connectivity index (χ2v) is 7.17. The fourth-order valence-electron chi connectivity index (χ4n) is 3.63. The lowest BCUT2D eigenvalue weighted by Crippen LogP contribution is -2.40. The highest BCUT2D eigenvalue weighted by molar-refractivity contribution is 5.94. The molecule has 29 heavy (non-hydrogen) atoms. The fraction of sp³-hybridized carbons (Fsp3) is 0.350. The van der Waals surface area contributed by atoms with Crippen LogP contribution in [0.25, 0.3) is 5.65 Å². The van der Waals surface area contributed by atoms with E-state index in [1.165, 1.54) is 4.40 Å². The van der Waals surface area contributed by atoms with Crippen LogP contribution in [-0.4, -0.2) is 32.4 Å². The number of carbonyl (C=O) groups excluding carboxylic acids is 1. The predicted molar refractivity (Wildman–Crippen MR) is 102 cm³/mol. The Morgan fingerprint density at radius 3 is 2.41 bits per heavy atom. The molecule has 6 nitrogen and oxygen atoms in total. The van der Waals surface area contributed by atoms with Crippen LogP contribution in [0.4, 0.5) is 19.0 Å². The lowest BCUT2D eigenvalue weighted by Gasteiger charge is -2.30. The van der Waals surface area contributed by atoms with Gasteiger partial charge in [-0.2, -0.15) is 13.2 Å². The molecular weight excluding hydrogens is 383 g/mol. The Balaban J connectivity index is 1.37. The molecule has 0 spiro atoms. The summed E-state index contributed by atoms with van der Waals surface area (Å²) in [6.07, 6.45) is 2.89. The van der Waals surface area contributed by atoms with Gasteiger partial charge >= 0.3 is 6.18 Å². The second kappa shape index (κ2) is 7.73. The lowest BCUT2D eigenvalue weighted by atomic mass is 9.91. The molecule has 0 radical (unpaired) electrons. The van der Waals surface area contributed by atoms with E-state index in [4.69, 9.17) is 0 Å². The Morgan fingerprint density at radius 1 is 1.03 bits per heavy atom. The van der Waals surface area contributed by atoms with E-state index in [0.29, 0.717) is 11.4 Å². The van der Waals surface area contributed by atoms with Gasteiger partial charge in [-0.25, -0.2) is 4.98 Å². The Bertz CT molecular complexity index is 994. The van der Waals surface area contributed by atoms with Gasteiger partial charge in [-0.3, -0.25) is 14.2 Å². The van der Waals surface area contributed by atoms with E-state index in [-0.39, 0.29) is 23.6 Å². The maximum atomic E-state index is 13.0. The van der Waals surface area contributed by atoms with Crippen molar-refractivity contribution in [2.75, 3.05) is 5.32 Å². The molecule has 0 bridgehead atoms. The van der Waals surface area contributed by atoms with Crippen molar-refractivity contribution in [2.45, 2.75) is 43.9 Å². The van der Waals surface area contributed by atoms with Crippen LogP contribution in [0.15, 0.2) is 48.9 Å². The number of rotatable bonds is 4. The summed E-state index contributed by atoms with van der Waals surface area (Å²) in [6.45, 7) is 0. The van der Waals surface area contributed by atoms with Crippen LogP contribution in [0.5, 0.6) is 0 Å². The van der Waals surface area contributed by atoms with E-state index < -0.39 is 11.9 Å². The maximum Gasteiger partial charge on any atom is 0.434 e. The zero-order valence-corrected chi connectivity index (χ0v) is 15.5. The minimum absolute atomic E-state index is 0.0783. The Hall–Kier alpha value is -3.10. The third-order valence-corrected chi connectivity index (χ3v) is 5.14. The Labute approximate surface area is 165 Å². The van der Waals surface area contributed by atoms with Gasteiger partial charge in [0.25, 0.3) is 5.91 Å². The highest BCUT2D eigenvalue weighted by Crippen LogP contribution is 2.30. The average Bonchev–Trinajstić information content (AvgIpc) is 3.16. The Morgan fingerprint density at radius 2 is 1.72 bits per heavy atom. The zero-order valence-electron chi connectivity index (χ0n) is 15.5. The van der Waals surface area contributed by atoms with Crippen LogP contribution in [0.2, 0.25) is 0 Å². The van der Waals surface area contributed by atoms with Crippen molar-refractivity contribution in [1.82, 2.24) is 19.7 Å². The van der Waals surface area contributed by atoms with Gasteiger partial charge in [0.2, 0.25) is 0 Å². The van der Waals surface area contributed by atoms with Gasteiger partial charge in [0.15, 0.2) is 5.69 Å². The van der Waals surface area contributed by atoms with Gasteiger partial charge in [0.1, 0.15) is 11.5 Å². The number of anilines is 1. The summed E-state index contributed by atoms with van der Waals surface area (Å²) in [4.78, 5) is 19.8. The first-order valence-electron chi connectivity index (χ1n) is 9.43. The number of fused-ring (bicyclic) bond motifs is 1. The zero-order chi connectivity index (χ0) is 20.4. The molecule has 0 unspecified atom stereocenters. The van der Waals surface area contributed by atoms with Crippen molar-refractivity contribution in [2.24, 2.45) is 0 Å². The molecule has 1 aliphatic rings. The summed E-state index contributed by atoms with van der Waals surface area (Å²) in [5.41, 5.74) is -0.0811. The third kappa shape index (κ3) is 4.33. The molecule has 1 amide bonds. The van der Waals surface area contributed by atoms with E-state index in [1.54, 1.807) is 42.7 Å². The number of imidazole rings is 1. The number of halogens is 3. The third-order valence-electron chi connectivity index (χ3n) is 5.14. The van der Waals surface area contributed by atoms with Crippen molar-refractivity contribution in [1.29, 1.82) is 0 Å². The smallest absolute Gasteiger partial charge is 0.368 e. The van der Waals surface area contributed by atoms with Crippen LogP contribution in [0.1, 0.15) is 41.7 Å². The normalized spacial score (nSPS) is 19.8. The van der Waals surface area contributed by atoms with Crippen molar-refractivity contribution in [3.63, 3.8) is 0 Å². The maximum absolute atomic E-state index is 13.0. The largest absolute Gasteiger partial charge is 0.434 e. The van der Waals surface area contributed by atoms with Gasteiger partial charge in [-0.05, 0) is 49.9 Å². The van der Waals surface area contributed by atoms with E-state index >= 15 is 0 Å². The summed E-state index contributed by atoms with van der Waals surface area (Å²) in [5, 5.41) is 6.36. The number of hydrogen-bond acceptors (Lipinski definition) is 4. The van der Waals surface area contributed by atoms with Crippen molar-refractivity contribution in [3.8, 4) is 0 Å². The molecule has 1 saturated carbocycles. The second-order valence-electron chi connectivity index (χ2n) is 7.17. The summed E-state index contributed by atoms with van der Waals surface area (Å²) in [5.74, 6) is 0.460. The molecule has 3 heterocycles. The molecule has 0 aromatic carbocycles. The lowest BCUT2D eigenvalue weighted by molar-refractivity contribution is -0.140. The SMILES string of the molecule is O=C(NC1CCC(Nc2cccc3nc(C(F)(F)F)cn23)CC1)c1ccncc1. The fourth-order valence-corrected chi connectivity index (χ4v) is 3.63. The number of amides is 1. The molecule has 0 atom stereocenters. The summed E-state index contributed by atoms with van der Waals surface area (Å²) in [6, 6.07) is 8.51. The molecule has 0 saturated heterocycles. The number of nitrogens with one attached hydrogen (secondary N) is 2. The molecular formula is C20H20F3N5O. The first-order chi connectivity index (χ1) is 13.9. The van der Waals surface area contributed by atoms with Gasteiger partial charge in [-0.15, -0.1) is 0 Å². The first-order valence-corrected chi connectivity index (χ1v) is 9.43. The minimum atomic E-state index is -4.48. The molecule has 1 fully saturated rings. The van der Waals surface area contributed by atoms with Crippen molar-refractivity contribution in [3.05, 3.63) is 60.2 Å². The topological polar surface area (TPSA) is 71.3 Å². The molecule has 0 aliphatic heterocycles. The molecule has 2 N–H and O–H groups in total. The first kappa shape index (κ1) is 19.2. The number of pyridine rings is 2. The van der Waals surface area contributed by atoms with Crippen LogP contribution < -0.4 is 10.6 Å². The predicted octanol–water partition coefficient (Wildman–Crippen LogP) is 3.90. The van der Waals surface area contributed by atoms with E-state index in [0.717, 1.165) is 31.9 Å². The van der Waals surface area contributed by atoms with Crippen LogP contribution >= 0.6 is 0 Å². The van der Waals surface area contributed by atoms with Gasteiger partial charge < -0.3 is 10.6 Å². The molecule has 9 heteroatoms. The van der Waals surface area contributed by atoms with E-state index in [2.05, 4.69) is 20.6 Å². The van der Waals surface area contributed by atoms with Gasteiger partial charge in [-0.1, -0.05) is 6.07 Å². The molecule has 3 aromatic rings. The van der Waals surface area contributed by atoms with Crippen LogP contribution in [-0.2, 0) is 6.18 Å². The number of carbonyl (C=O) groups is 1. The summed E-state index contributed by atoms with van der Waals surface area (Å²) in [7, 11) is 0. The van der Waals surface area contributed by atoms with Gasteiger partial charge in [0.05, 0.1) is 0 Å². The summed E-state index contributed by atoms with van der Waals surface area (Å²) >= 11 is 0. The number of nitrogens with zero attached hydrogens (tertiary/aromatic N) is 3. The molecule has 1 aliphatic carbocycles. The van der Waals surface area contributed by atoms with E-state index in [1.807, 2.05) is 0 Å². The highest BCUT2D eigenvalue weighted by Gasteiger charge is 2.34. The van der Waals surface area contributed by atoms with Crippen molar-refractivity contribution >= 4 is 17.4 Å². The highest BCUT2D eigenvalue weighted by atomic mass is 19.4. The van der Waals surface area contributed by atoms with Crippen molar-refractivity contribution < 1.29 is 18.0 Å². The number of alkyl halides is 3. The standard InChI is InChI=1S/C20H20F3N5O/c21-20(22,23)16-12-28-17(2-1-3-18(28)27-16)25-14-4-6-15(7-5-14)26-19(29)13-8-10-24-11-9-13/h1-3,8-12,14-15,25H,4-7H2,(H,26,29). The van der Waals surface area contributed by atoms with Crippen LogP contribution in [0.3, 0.4) is 0 Å². The Kier molecular flexibility index (Phi) is 5.12. The molecule has 3 aromatic heterocycles. The summed E-state index contributed by atoms with van der Waals surface area (Å²) < 4.78 is 40.3. The van der Waals surface area contributed by atoms with E-state index in [9.17, 15) is 18.0 Å².